The molecule has 0 radical (unpaired) electrons. The normalized spacial score (nSPS) is 17.8. The van der Waals surface area contributed by atoms with Crippen molar-refractivity contribution in [3.05, 3.63) is 23.8 Å². The van der Waals surface area contributed by atoms with E-state index >= 15 is 0 Å². The molecule has 1 aliphatic heterocycles. The van der Waals surface area contributed by atoms with Crippen LogP contribution in [0.15, 0.2) is 18.2 Å². The predicted molar refractivity (Wildman–Crippen MR) is 77.2 cm³/mol. The molecule has 1 aromatic carbocycles. The Labute approximate surface area is 119 Å². The van der Waals surface area contributed by atoms with Crippen LogP contribution in [0, 0.1) is 5.92 Å². The number of carbonyl (C=O) groups is 1. The standard InChI is InChI=1S/C15H22N2O3/c1-19-13-4-3-11(7-14(13)20-2)8-15(18)17-10-12-5-6-16-9-12/h3-4,7,12,16H,5-6,8-10H2,1-2H3,(H,17,18). The zero-order chi connectivity index (χ0) is 14.4. The van der Waals surface area contributed by atoms with Crippen LogP contribution >= 0.6 is 0 Å². The molecule has 2 rings (SSSR count). The van der Waals surface area contributed by atoms with E-state index in [0.717, 1.165) is 31.6 Å². The summed E-state index contributed by atoms with van der Waals surface area (Å²) in [5, 5.41) is 6.28. The third kappa shape index (κ3) is 3.87. The smallest absolute Gasteiger partial charge is 0.224 e. The van der Waals surface area contributed by atoms with Gasteiger partial charge in [-0.15, -0.1) is 0 Å². The molecule has 0 bridgehead atoms. The van der Waals surface area contributed by atoms with Crippen LogP contribution in [0.2, 0.25) is 0 Å². The van der Waals surface area contributed by atoms with Crippen LogP contribution < -0.4 is 20.1 Å². The molecule has 0 spiro atoms. The monoisotopic (exact) mass is 278 g/mol. The number of hydrogen-bond donors (Lipinski definition) is 2. The Morgan fingerprint density at radius 3 is 2.80 bits per heavy atom. The molecule has 1 aromatic rings. The van der Waals surface area contributed by atoms with E-state index in [0.29, 0.717) is 23.8 Å². The summed E-state index contributed by atoms with van der Waals surface area (Å²) in [6.07, 6.45) is 1.50. The maximum atomic E-state index is 11.9. The van der Waals surface area contributed by atoms with Crippen molar-refractivity contribution in [3.63, 3.8) is 0 Å². The second-order valence-electron chi connectivity index (χ2n) is 5.03. The van der Waals surface area contributed by atoms with Crippen molar-refractivity contribution < 1.29 is 14.3 Å². The highest BCUT2D eigenvalue weighted by atomic mass is 16.5. The molecule has 110 valence electrons. The first-order valence-electron chi connectivity index (χ1n) is 6.91. The lowest BCUT2D eigenvalue weighted by molar-refractivity contribution is -0.120. The van der Waals surface area contributed by atoms with Gasteiger partial charge in [-0.05, 0) is 43.1 Å². The molecule has 0 aliphatic carbocycles. The van der Waals surface area contributed by atoms with Gasteiger partial charge in [-0.2, -0.15) is 0 Å². The number of rotatable bonds is 6. The van der Waals surface area contributed by atoms with E-state index in [1.54, 1.807) is 14.2 Å². The Balaban J connectivity index is 1.86. The Morgan fingerprint density at radius 2 is 2.15 bits per heavy atom. The lowest BCUT2D eigenvalue weighted by Crippen LogP contribution is -2.31. The van der Waals surface area contributed by atoms with Crippen LogP contribution in [-0.4, -0.2) is 39.8 Å². The maximum absolute atomic E-state index is 11.9. The van der Waals surface area contributed by atoms with Gasteiger partial charge in [0.05, 0.1) is 20.6 Å². The topological polar surface area (TPSA) is 59.6 Å². The summed E-state index contributed by atoms with van der Waals surface area (Å²) in [6, 6.07) is 5.55. The fourth-order valence-electron chi connectivity index (χ4n) is 2.39. The maximum Gasteiger partial charge on any atom is 0.224 e. The quantitative estimate of drug-likeness (QED) is 0.814. The Bertz CT molecular complexity index is 456. The molecular weight excluding hydrogens is 256 g/mol. The van der Waals surface area contributed by atoms with E-state index < -0.39 is 0 Å². The molecule has 5 heteroatoms. The van der Waals surface area contributed by atoms with E-state index in [1.807, 2.05) is 18.2 Å². The van der Waals surface area contributed by atoms with Gasteiger partial charge in [-0.3, -0.25) is 4.79 Å². The fraction of sp³-hybridized carbons (Fsp3) is 0.533. The van der Waals surface area contributed by atoms with Crippen LogP contribution in [0.3, 0.4) is 0 Å². The van der Waals surface area contributed by atoms with Crippen molar-refractivity contribution in [1.29, 1.82) is 0 Å². The number of amides is 1. The lowest BCUT2D eigenvalue weighted by atomic mass is 10.1. The van der Waals surface area contributed by atoms with Crippen LogP contribution in [-0.2, 0) is 11.2 Å². The van der Waals surface area contributed by atoms with E-state index in [1.165, 1.54) is 0 Å². The van der Waals surface area contributed by atoms with Gasteiger partial charge >= 0.3 is 0 Å². The summed E-state index contributed by atoms with van der Waals surface area (Å²) in [4.78, 5) is 11.9. The van der Waals surface area contributed by atoms with Gasteiger partial charge in [0.2, 0.25) is 5.91 Å². The average molecular weight is 278 g/mol. The molecule has 1 atom stereocenters. The van der Waals surface area contributed by atoms with Gasteiger partial charge in [0.15, 0.2) is 11.5 Å². The lowest BCUT2D eigenvalue weighted by Gasteiger charge is -2.11. The Morgan fingerprint density at radius 1 is 1.35 bits per heavy atom. The van der Waals surface area contributed by atoms with Gasteiger partial charge < -0.3 is 20.1 Å². The minimum absolute atomic E-state index is 0.0455. The van der Waals surface area contributed by atoms with Gasteiger partial charge in [0.25, 0.3) is 0 Å². The number of ether oxygens (including phenoxy) is 2. The van der Waals surface area contributed by atoms with Crippen molar-refractivity contribution in [3.8, 4) is 11.5 Å². The number of benzene rings is 1. The summed E-state index contributed by atoms with van der Waals surface area (Å²) in [7, 11) is 3.19. The highest BCUT2D eigenvalue weighted by molar-refractivity contribution is 5.78. The number of carbonyl (C=O) groups excluding carboxylic acids is 1. The van der Waals surface area contributed by atoms with Crippen molar-refractivity contribution in [1.82, 2.24) is 10.6 Å². The van der Waals surface area contributed by atoms with E-state index in [-0.39, 0.29) is 5.91 Å². The first-order valence-corrected chi connectivity index (χ1v) is 6.91. The molecular formula is C15H22N2O3. The summed E-state index contributed by atoms with van der Waals surface area (Å²) < 4.78 is 10.4. The molecule has 0 aromatic heterocycles. The van der Waals surface area contributed by atoms with Crippen molar-refractivity contribution in [2.24, 2.45) is 5.92 Å². The van der Waals surface area contributed by atoms with Crippen molar-refractivity contribution in [2.45, 2.75) is 12.8 Å². The zero-order valence-electron chi connectivity index (χ0n) is 12.1. The van der Waals surface area contributed by atoms with Gasteiger partial charge in [0, 0.05) is 6.54 Å². The highest BCUT2D eigenvalue weighted by Gasteiger charge is 2.15. The first kappa shape index (κ1) is 14.7. The number of methoxy groups -OCH3 is 2. The summed E-state index contributed by atoms with van der Waals surface area (Å²) in [5.41, 5.74) is 0.921. The summed E-state index contributed by atoms with van der Waals surface area (Å²) in [5.74, 6) is 1.93. The molecule has 5 nitrogen and oxygen atoms in total. The third-order valence-corrected chi connectivity index (χ3v) is 3.56. The number of nitrogens with one attached hydrogen (secondary N) is 2. The van der Waals surface area contributed by atoms with E-state index in [9.17, 15) is 4.79 Å². The second kappa shape index (κ2) is 7.14. The van der Waals surface area contributed by atoms with Crippen LogP contribution in [0.4, 0.5) is 0 Å². The van der Waals surface area contributed by atoms with Crippen LogP contribution in [0.25, 0.3) is 0 Å². The van der Waals surface area contributed by atoms with E-state index in [4.69, 9.17) is 9.47 Å². The molecule has 1 saturated heterocycles. The predicted octanol–water partition coefficient (Wildman–Crippen LogP) is 0.972. The SMILES string of the molecule is COc1ccc(CC(=O)NCC2CCNC2)cc1OC. The number of hydrogen-bond acceptors (Lipinski definition) is 4. The molecule has 1 amide bonds. The molecule has 20 heavy (non-hydrogen) atoms. The largest absolute Gasteiger partial charge is 0.493 e. The minimum Gasteiger partial charge on any atom is -0.493 e. The third-order valence-electron chi connectivity index (χ3n) is 3.56. The zero-order valence-corrected chi connectivity index (χ0v) is 12.1. The van der Waals surface area contributed by atoms with Gasteiger partial charge in [0.1, 0.15) is 0 Å². The van der Waals surface area contributed by atoms with Crippen molar-refractivity contribution in [2.75, 3.05) is 33.9 Å². The molecule has 1 fully saturated rings. The van der Waals surface area contributed by atoms with Crippen LogP contribution in [0.5, 0.6) is 11.5 Å². The van der Waals surface area contributed by atoms with Gasteiger partial charge in [-0.25, -0.2) is 0 Å². The molecule has 1 aliphatic rings. The molecule has 0 saturated carbocycles. The van der Waals surface area contributed by atoms with Gasteiger partial charge in [-0.1, -0.05) is 6.07 Å². The average Bonchev–Trinajstić information content (AvgIpc) is 2.98. The first-order chi connectivity index (χ1) is 9.72. The Kier molecular flexibility index (Phi) is 5.24. The second-order valence-corrected chi connectivity index (χ2v) is 5.03. The minimum atomic E-state index is 0.0455. The van der Waals surface area contributed by atoms with E-state index in [2.05, 4.69) is 10.6 Å². The van der Waals surface area contributed by atoms with Crippen LogP contribution in [0.1, 0.15) is 12.0 Å². The Hall–Kier alpha value is -1.75. The molecule has 2 N–H and O–H groups in total. The molecule has 1 unspecified atom stereocenters. The summed E-state index contributed by atoms with van der Waals surface area (Å²) >= 11 is 0. The van der Waals surface area contributed by atoms with Crippen molar-refractivity contribution >= 4 is 5.91 Å². The molecule has 1 heterocycles. The highest BCUT2D eigenvalue weighted by Crippen LogP contribution is 2.27. The summed E-state index contributed by atoms with van der Waals surface area (Å²) in [6.45, 7) is 2.80. The fourth-order valence-corrected chi connectivity index (χ4v) is 2.39.